The maximum absolute atomic E-state index is 13.1. The first-order chi connectivity index (χ1) is 5.57. The Morgan fingerprint density at radius 1 is 0.846 bits per heavy atom. The predicted molar refractivity (Wildman–Crippen MR) is 47.5 cm³/mol. The summed E-state index contributed by atoms with van der Waals surface area (Å²) in [5, 5.41) is 0. The van der Waals surface area contributed by atoms with Crippen LogP contribution >= 0.6 is 47.8 Å². The molecule has 1 aliphatic carbocycles. The molecular weight excluding hydrogens is 395 g/mol. The van der Waals surface area contributed by atoms with Crippen LogP contribution in [0.3, 0.4) is 0 Å². The second-order valence-corrected chi connectivity index (χ2v) is 5.03. The van der Waals surface area contributed by atoms with Crippen molar-refractivity contribution in [3.8, 4) is 0 Å². The lowest BCUT2D eigenvalue weighted by atomic mass is 10.2. The average Bonchev–Trinajstić information content (AvgIpc) is 2.05. The van der Waals surface area contributed by atoms with E-state index in [1.807, 2.05) is 15.9 Å². The van der Waals surface area contributed by atoms with Gasteiger partial charge in [0.1, 0.15) is 0 Å². The zero-order chi connectivity index (χ0) is 10.7. The average molecular weight is 395 g/mol. The number of alkyl halides is 6. The fraction of sp³-hybridized carbons (Fsp3) is 0.600. The van der Waals surface area contributed by atoms with Gasteiger partial charge in [-0.15, -0.1) is 0 Å². The fourth-order valence-corrected chi connectivity index (χ4v) is 2.48. The summed E-state index contributed by atoms with van der Waals surface area (Å²) in [5.41, 5.74) is 0. The molecule has 8 heteroatoms. The maximum atomic E-state index is 13.1. The van der Waals surface area contributed by atoms with Gasteiger partial charge in [0.2, 0.25) is 0 Å². The molecule has 13 heavy (non-hydrogen) atoms. The molecule has 0 N–H and O–H groups in total. The summed E-state index contributed by atoms with van der Waals surface area (Å²) in [6.45, 7) is 0. The lowest BCUT2D eigenvalue weighted by Gasteiger charge is -2.25. The second kappa shape index (κ2) is 2.91. The van der Waals surface area contributed by atoms with Crippen LogP contribution in [-0.2, 0) is 0 Å². The lowest BCUT2D eigenvalue weighted by Crippen LogP contribution is -2.47. The van der Waals surface area contributed by atoms with Crippen LogP contribution in [0, 0.1) is 0 Å². The van der Waals surface area contributed by atoms with Gasteiger partial charge in [0.15, 0.2) is 0 Å². The van der Waals surface area contributed by atoms with E-state index in [-0.39, 0.29) is 0 Å². The summed E-state index contributed by atoms with van der Waals surface area (Å²) >= 11 is 6.45. The molecule has 1 aliphatic rings. The van der Waals surface area contributed by atoms with Crippen molar-refractivity contribution in [3.05, 3.63) is 8.96 Å². The van der Waals surface area contributed by atoms with Crippen molar-refractivity contribution < 1.29 is 22.0 Å². The first kappa shape index (κ1) is 11.9. The Kier molecular flexibility index (Phi) is 2.67. The number of hydrogen-bond acceptors (Lipinski definition) is 0. The quantitative estimate of drug-likeness (QED) is 0.424. The van der Waals surface area contributed by atoms with Gasteiger partial charge in [-0.3, -0.25) is 0 Å². The third-order valence-electron chi connectivity index (χ3n) is 1.53. The molecule has 0 saturated carbocycles. The van der Waals surface area contributed by atoms with E-state index in [1.165, 1.54) is 0 Å². The molecule has 1 atom stereocenters. The Labute approximate surface area is 94.9 Å². The van der Waals surface area contributed by atoms with E-state index < -0.39 is 25.4 Å². The molecule has 0 aromatic carbocycles. The Morgan fingerprint density at radius 2 is 1.23 bits per heavy atom. The summed E-state index contributed by atoms with van der Waals surface area (Å²) in [6, 6.07) is 0. The van der Waals surface area contributed by atoms with Crippen LogP contribution in [0.15, 0.2) is 8.96 Å². The van der Waals surface area contributed by atoms with Crippen molar-refractivity contribution in [2.45, 2.75) is 16.4 Å². The van der Waals surface area contributed by atoms with Crippen LogP contribution in [0.1, 0.15) is 0 Å². The third-order valence-corrected chi connectivity index (χ3v) is 5.33. The van der Waals surface area contributed by atoms with Gasteiger partial charge in [-0.05, 0) is 47.8 Å². The van der Waals surface area contributed by atoms with E-state index >= 15 is 0 Å². The summed E-state index contributed by atoms with van der Waals surface area (Å²) < 4.78 is 58.3. The van der Waals surface area contributed by atoms with Gasteiger partial charge < -0.3 is 0 Å². The van der Waals surface area contributed by atoms with Crippen LogP contribution in [-0.4, -0.2) is 16.4 Å². The number of allylic oxidation sites excluding steroid dienone is 2. The van der Waals surface area contributed by atoms with Crippen LogP contribution in [0.5, 0.6) is 0 Å². The molecule has 0 fully saturated rings. The highest BCUT2D eigenvalue weighted by atomic mass is 79.9. The summed E-state index contributed by atoms with van der Waals surface area (Å²) in [6.07, 6.45) is 0. The molecule has 1 unspecified atom stereocenters. The van der Waals surface area contributed by atoms with Gasteiger partial charge in [-0.25, -0.2) is 4.39 Å². The molecular formula is C5Br3F5. The zero-order valence-electron chi connectivity index (χ0n) is 5.52. The third kappa shape index (κ3) is 1.24. The SMILES string of the molecule is FC1(F)C(Br)=C(Br)C(F)(Br)C1(F)F. The second-order valence-electron chi connectivity index (χ2n) is 2.35. The number of rotatable bonds is 0. The maximum Gasteiger partial charge on any atom is 0.362 e. The molecule has 0 amide bonds. The fourth-order valence-electron chi connectivity index (χ4n) is 0.749. The van der Waals surface area contributed by atoms with E-state index in [0.717, 1.165) is 0 Å². The zero-order valence-corrected chi connectivity index (χ0v) is 10.3. The molecule has 0 nitrogen and oxygen atoms in total. The minimum Gasteiger partial charge on any atom is -0.218 e. The largest absolute Gasteiger partial charge is 0.362 e. The topological polar surface area (TPSA) is 0 Å². The van der Waals surface area contributed by atoms with Gasteiger partial charge in [-0.1, -0.05) is 0 Å². The lowest BCUT2D eigenvalue weighted by molar-refractivity contribution is -0.200. The van der Waals surface area contributed by atoms with Crippen molar-refractivity contribution in [1.29, 1.82) is 0 Å². The number of hydrogen-bond donors (Lipinski definition) is 0. The van der Waals surface area contributed by atoms with Gasteiger partial charge >= 0.3 is 11.8 Å². The molecule has 0 radical (unpaired) electrons. The molecule has 0 bridgehead atoms. The molecule has 0 aliphatic heterocycles. The molecule has 0 saturated heterocycles. The van der Waals surface area contributed by atoms with E-state index in [2.05, 4.69) is 31.9 Å². The Morgan fingerprint density at radius 3 is 1.31 bits per heavy atom. The normalized spacial score (nSPS) is 36.9. The highest BCUT2D eigenvalue weighted by Gasteiger charge is 2.77. The highest BCUT2D eigenvalue weighted by molar-refractivity contribution is 9.15. The van der Waals surface area contributed by atoms with Crippen LogP contribution in [0.2, 0.25) is 0 Å². The summed E-state index contributed by atoms with van der Waals surface area (Å²) in [5.74, 6) is -9.37. The Hall–Kier alpha value is 0.830. The van der Waals surface area contributed by atoms with Gasteiger partial charge in [-0.2, -0.15) is 17.6 Å². The van der Waals surface area contributed by atoms with E-state index in [4.69, 9.17) is 0 Å². The summed E-state index contributed by atoms with van der Waals surface area (Å²) in [7, 11) is 0. The van der Waals surface area contributed by atoms with E-state index in [9.17, 15) is 22.0 Å². The van der Waals surface area contributed by atoms with Gasteiger partial charge in [0.05, 0.1) is 8.96 Å². The molecule has 76 valence electrons. The monoisotopic (exact) mass is 392 g/mol. The van der Waals surface area contributed by atoms with Crippen LogP contribution in [0.4, 0.5) is 22.0 Å². The first-order valence-electron chi connectivity index (χ1n) is 2.76. The highest BCUT2D eigenvalue weighted by Crippen LogP contribution is 2.63. The molecule has 1 rings (SSSR count). The minimum atomic E-state index is -4.82. The van der Waals surface area contributed by atoms with Crippen LogP contribution in [0.25, 0.3) is 0 Å². The van der Waals surface area contributed by atoms with Crippen molar-refractivity contribution >= 4 is 47.8 Å². The smallest absolute Gasteiger partial charge is 0.218 e. The molecule has 0 aromatic rings. The van der Waals surface area contributed by atoms with Gasteiger partial charge in [0, 0.05) is 0 Å². The van der Waals surface area contributed by atoms with E-state index in [1.54, 1.807) is 0 Å². The van der Waals surface area contributed by atoms with Crippen molar-refractivity contribution in [2.75, 3.05) is 0 Å². The Bertz CT molecular complexity index is 256. The number of halogens is 8. The van der Waals surface area contributed by atoms with Crippen LogP contribution < -0.4 is 0 Å². The molecule has 0 spiro atoms. The van der Waals surface area contributed by atoms with Crippen molar-refractivity contribution in [3.63, 3.8) is 0 Å². The Balaban J connectivity index is 3.39. The first-order valence-corrected chi connectivity index (χ1v) is 5.14. The van der Waals surface area contributed by atoms with Crippen molar-refractivity contribution in [2.24, 2.45) is 0 Å². The molecule has 0 heterocycles. The standard InChI is InChI=1S/C5Br3F5/c6-1-2(7)4(10,11)5(12,13)3(1,8)9. The van der Waals surface area contributed by atoms with Crippen molar-refractivity contribution in [1.82, 2.24) is 0 Å². The molecule has 0 aromatic heterocycles. The summed E-state index contributed by atoms with van der Waals surface area (Å²) in [4.78, 5) is 0. The van der Waals surface area contributed by atoms with E-state index in [0.29, 0.717) is 0 Å². The predicted octanol–water partition coefficient (Wildman–Crippen LogP) is 4.33. The minimum absolute atomic E-state index is 0.935. The van der Waals surface area contributed by atoms with Gasteiger partial charge in [0.25, 0.3) is 4.58 Å².